The number of alkyl halides is 2. The Morgan fingerprint density at radius 2 is 2.19 bits per heavy atom. The van der Waals surface area contributed by atoms with Crippen LogP contribution < -0.4 is 10.1 Å². The van der Waals surface area contributed by atoms with Crippen molar-refractivity contribution in [2.75, 3.05) is 0 Å². The molecule has 21 heavy (non-hydrogen) atoms. The number of hydrogen-bond donors (Lipinski definition) is 1. The van der Waals surface area contributed by atoms with Gasteiger partial charge in [0.25, 0.3) is 5.91 Å². The predicted octanol–water partition coefficient (Wildman–Crippen LogP) is 2.82. The fraction of sp³-hybridized carbons (Fsp3) is 0.286. The SMILES string of the molecule is Cc1nc(CNC(=O)c2cccc(OC(F)F)c2)oc1C. The Balaban J connectivity index is 1.99. The quantitative estimate of drug-likeness (QED) is 0.921. The van der Waals surface area contributed by atoms with Crippen LogP contribution in [0.4, 0.5) is 8.78 Å². The van der Waals surface area contributed by atoms with E-state index in [9.17, 15) is 13.6 Å². The van der Waals surface area contributed by atoms with Crippen LogP contribution in [0.1, 0.15) is 27.7 Å². The van der Waals surface area contributed by atoms with Crippen LogP contribution in [-0.2, 0) is 6.54 Å². The third-order valence-electron chi connectivity index (χ3n) is 2.79. The number of ether oxygens (including phenoxy) is 1. The monoisotopic (exact) mass is 296 g/mol. The van der Waals surface area contributed by atoms with Gasteiger partial charge in [-0.25, -0.2) is 4.98 Å². The first kappa shape index (κ1) is 15.0. The molecule has 0 aliphatic carbocycles. The van der Waals surface area contributed by atoms with Crippen LogP contribution in [0.5, 0.6) is 5.75 Å². The summed E-state index contributed by atoms with van der Waals surface area (Å²) < 4.78 is 33.8. The zero-order chi connectivity index (χ0) is 15.4. The highest BCUT2D eigenvalue weighted by Crippen LogP contribution is 2.16. The van der Waals surface area contributed by atoms with Crippen LogP contribution in [0.3, 0.4) is 0 Å². The van der Waals surface area contributed by atoms with Gasteiger partial charge in [-0.2, -0.15) is 8.78 Å². The summed E-state index contributed by atoms with van der Waals surface area (Å²) in [6.07, 6.45) is 0. The van der Waals surface area contributed by atoms with Gasteiger partial charge < -0.3 is 14.5 Å². The third-order valence-corrected chi connectivity index (χ3v) is 2.79. The first-order chi connectivity index (χ1) is 9.95. The van der Waals surface area contributed by atoms with Crippen molar-refractivity contribution < 1.29 is 22.7 Å². The summed E-state index contributed by atoms with van der Waals surface area (Å²) in [7, 11) is 0. The molecule has 0 radical (unpaired) electrons. The van der Waals surface area contributed by atoms with Crippen LogP contribution in [0.15, 0.2) is 28.7 Å². The molecule has 0 bridgehead atoms. The third kappa shape index (κ3) is 4.01. The molecule has 5 nitrogen and oxygen atoms in total. The van der Waals surface area contributed by atoms with Crippen molar-refractivity contribution in [3.63, 3.8) is 0 Å². The molecule has 112 valence electrons. The number of halogens is 2. The van der Waals surface area contributed by atoms with Crippen molar-refractivity contribution >= 4 is 5.91 Å². The first-order valence-electron chi connectivity index (χ1n) is 6.21. The Labute approximate surface area is 119 Å². The van der Waals surface area contributed by atoms with Gasteiger partial charge in [-0.3, -0.25) is 4.79 Å². The van der Waals surface area contributed by atoms with E-state index < -0.39 is 12.5 Å². The molecule has 0 saturated heterocycles. The highest BCUT2D eigenvalue weighted by molar-refractivity contribution is 5.94. The molecule has 1 aromatic carbocycles. The van der Waals surface area contributed by atoms with Crippen LogP contribution in [0.2, 0.25) is 0 Å². The molecular formula is C14H14F2N2O3. The maximum absolute atomic E-state index is 12.1. The lowest BCUT2D eigenvalue weighted by Crippen LogP contribution is -2.23. The van der Waals surface area contributed by atoms with Crippen molar-refractivity contribution in [2.45, 2.75) is 27.0 Å². The van der Waals surface area contributed by atoms with Gasteiger partial charge in [0.15, 0.2) is 0 Å². The van der Waals surface area contributed by atoms with Gasteiger partial charge in [0.05, 0.1) is 12.2 Å². The molecule has 0 atom stereocenters. The lowest BCUT2D eigenvalue weighted by molar-refractivity contribution is -0.0498. The lowest BCUT2D eigenvalue weighted by atomic mass is 10.2. The fourth-order valence-corrected chi connectivity index (χ4v) is 1.69. The molecule has 0 aliphatic heterocycles. The van der Waals surface area contributed by atoms with Crippen LogP contribution in [-0.4, -0.2) is 17.5 Å². The van der Waals surface area contributed by atoms with Crippen molar-refractivity contribution in [3.8, 4) is 5.75 Å². The standard InChI is InChI=1S/C14H14F2N2O3/c1-8-9(2)20-12(18-8)7-17-13(19)10-4-3-5-11(6-10)21-14(15)16/h3-6,14H,7H2,1-2H3,(H,17,19). The largest absolute Gasteiger partial charge is 0.444 e. The van der Waals surface area contributed by atoms with Gasteiger partial charge in [0, 0.05) is 5.56 Å². The highest BCUT2D eigenvalue weighted by atomic mass is 19.3. The molecule has 0 aliphatic rings. The van der Waals surface area contributed by atoms with E-state index in [2.05, 4.69) is 15.0 Å². The van der Waals surface area contributed by atoms with Crippen LogP contribution in [0.25, 0.3) is 0 Å². The summed E-state index contributed by atoms with van der Waals surface area (Å²) in [4.78, 5) is 16.1. The molecule has 0 saturated carbocycles. The van der Waals surface area contributed by atoms with Crippen LogP contribution >= 0.6 is 0 Å². The Kier molecular flexibility index (Phi) is 4.52. The molecule has 1 N–H and O–H groups in total. The zero-order valence-electron chi connectivity index (χ0n) is 11.5. The first-order valence-corrected chi connectivity index (χ1v) is 6.21. The average molecular weight is 296 g/mol. The molecule has 0 unspecified atom stereocenters. The van der Waals surface area contributed by atoms with E-state index in [1.165, 1.54) is 24.3 Å². The molecule has 2 rings (SSSR count). The van der Waals surface area contributed by atoms with E-state index in [-0.39, 0.29) is 17.9 Å². The number of amides is 1. The minimum Gasteiger partial charge on any atom is -0.444 e. The number of nitrogens with zero attached hydrogens (tertiary/aromatic N) is 1. The van der Waals surface area contributed by atoms with Crippen molar-refractivity contribution in [1.82, 2.24) is 10.3 Å². The Morgan fingerprint density at radius 3 is 2.81 bits per heavy atom. The van der Waals surface area contributed by atoms with Gasteiger partial charge in [0.2, 0.25) is 5.89 Å². The molecule has 2 aromatic rings. The molecule has 1 heterocycles. The van der Waals surface area contributed by atoms with E-state index in [4.69, 9.17) is 4.42 Å². The van der Waals surface area contributed by atoms with Gasteiger partial charge in [-0.15, -0.1) is 0 Å². The fourth-order valence-electron chi connectivity index (χ4n) is 1.69. The molecule has 1 aromatic heterocycles. The summed E-state index contributed by atoms with van der Waals surface area (Å²) in [5, 5.41) is 2.60. The Hall–Kier alpha value is -2.44. The molecule has 1 amide bonds. The van der Waals surface area contributed by atoms with Gasteiger partial charge in [-0.1, -0.05) is 6.07 Å². The van der Waals surface area contributed by atoms with Crippen molar-refractivity contribution in [2.24, 2.45) is 0 Å². The summed E-state index contributed by atoms with van der Waals surface area (Å²) in [6, 6.07) is 5.56. The number of rotatable bonds is 5. The second-order valence-electron chi connectivity index (χ2n) is 4.34. The van der Waals surface area contributed by atoms with Crippen molar-refractivity contribution in [1.29, 1.82) is 0 Å². The minimum absolute atomic E-state index is 0.0690. The number of carbonyl (C=O) groups is 1. The zero-order valence-corrected chi connectivity index (χ0v) is 11.5. The van der Waals surface area contributed by atoms with E-state index in [0.717, 1.165) is 5.69 Å². The maximum atomic E-state index is 12.1. The van der Waals surface area contributed by atoms with Gasteiger partial charge >= 0.3 is 6.61 Å². The Morgan fingerprint density at radius 1 is 1.43 bits per heavy atom. The van der Waals surface area contributed by atoms with Crippen molar-refractivity contribution in [3.05, 3.63) is 47.2 Å². The summed E-state index contributed by atoms with van der Waals surface area (Å²) in [5.74, 6) is 0.577. The number of aromatic nitrogens is 1. The van der Waals surface area contributed by atoms with E-state index in [0.29, 0.717) is 11.7 Å². The number of benzene rings is 1. The van der Waals surface area contributed by atoms with E-state index in [1.807, 2.05) is 0 Å². The van der Waals surface area contributed by atoms with Gasteiger partial charge in [0.1, 0.15) is 11.5 Å². The maximum Gasteiger partial charge on any atom is 0.387 e. The number of carbonyl (C=O) groups excluding carboxylic acids is 1. The topological polar surface area (TPSA) is 64.4 Å². The van der Waals surface area contributed by atoms with E-state index >= 15 is 0 Å². The number of aryl methyl sites for hydroxylation is 2. The van der Waals surface area contributed by atoms with E-state index in [1.54, 1.807) is 13.8 Å². The average Bonchev–Trinajstić information content (AvgIpc) is 2.75. The predicted molar refractivity (Wildman–Crippen MR) is 70.2 cm³/mol. The Bertz CT molecular complexity index is 621. The summed E-state index contributed by atoms with van der Waals surface area (Å²) >= 11 is 0. The summed E-state index contributed by atoms with van der Waals surface area (Å²) in [6.45, 7) is 0.767. The molecule has 0 spiro atoms. The second kappa shape index (κ2) is 6.34. The molecule has 0 fully saturated rings. The smallest absolute Gasteiger partial charge is 0.387 e. The second-order valence-corrected chi connectivity index (χ2v) is 4.34. The normalized spacial score (nSPS) is 10.7. The molecule has 7 heteroatoms. The molecular weight excluding hydrogens is 282 g/mol. The number of hydrogen-bond acceptors (Lipinski definition) is 4. The number of oxazole rings is 1. The van der Waals surface area contributed by atoms with Gasteiger partial charge in [-0.05, 0) is 32.0 Å². The minimum atomic E-state index is -2.93. The highest BCUT2D eigenvalue weighted by Gasteiger charge is 2.11. The summed E-state index contributed by atoms with van der Waals surface area (Å²) in [5.41, 5.74) is 0.972. The van der Waals surface area contributed by atoms with Crippen LogP contribution in [0, 0.1) is 13.8 Å². The lowest BCUT2D eigenvalue weighted by Gasteiger charge is -2.07. The number of nitrogens with one attached hydrogen (secondary N) is 1.